The van der Waals surface area contributed by atoms with Crippen molar-refractivity contribution in [2.75, 3.05) is 26.7 Å². The second kappa shape index (κ2) is 12.2. The number of rotatable bonds is 8. The summed E-state index contributed by atoms with van der Waals surface area (Å²) >= 11 is 0. The van der Waals surface area contributed by atoms with E-state index >= 15 is 0 Å². The lowest BCUT2D eigenvalue weighted by atomic mass is 9.97. The number of carbonyl (C=O) groups is 1. The highest BCUT2D eigenvalue weighted by Gasteiger charge is 2.25. The van der Waals surface area contributed by atoms with Crippen molar-refractivity contribution in [3.05, 3.63) is 71.5 Å². The lowest BCUT2D eigenvalue weighted by Crippen LogP contribution is -2.52. The SMILES string of the molecule is CN=C(NCCNC(=O)Cc1cccc(F)c1)NC1CCN(Cc2ccccc2)C(C)C1. The first kappa shape index (κ1) is 23.7. The van der Waals surface area contributed by atoms with Crippen LogP contribution in [0.1, 0.15) is 30.9 Å². The molecule has 1 aliphatic heterocycles. The predicted molar refractivity (Wildman–Crippen MR) is 127 cm³/mol. The van der Waals surface area contributed by atoms with Gasteiger partial charge in [-0.15, -0.1) is 0 Å². The molecule has 2 aromatic rings. The van der Waals surface area contributed by atoms with Crippen LogP contribution in [-0.2, 0) is 17.8 Å². The number of hydrogen-bond acceptors (Lipinski definition) is 3. The lowest BCUT2D eigenvalue weighted by molar-refractivity contribution is -0.120. The molecule has 32 heavy (non-hydrogen) atoms. The van der Waals surface area contributed by atoms with E-state index in [0.717, 1.165) is 31.9 Å². The third kappa shape index (κ3) is 7.64. The van der Waals surface area contributed by atoms with E-state index in [1.54, 1.807) is 19.2 Å². The molecule has 0 radical (unpaired) electrons. The Balaban J connectivity index is 1.34. The maximum atomic E-state index is 13.2. The number of nitrogens with zero attached hydrogens (tertiary/aromatic N) is 2. The van der Waals surface area contributed by atoms with Gasteiger partial charge in [-0.1, -0.05) is 42.5 Å². The molecule has 2 unspecified atom stereocenters. The second-order valence-corrected chi connectivity index (χ2v) is 8.33. The van der Waals surface area contributed by atoms with Gasteiger partial charge in [0.15, 0.2) is 5.96 Å². The Bertz CT molecular complexity index is 889. The number of benzene rings is 2. The van der Waals surface area contributed by atoms with E-state index in [2.05, 4.69) is 63.1 Å². The van der Waals surface area contributed by atoms with Crippen LogP contribution in [-0.4, -0.2) is 55.5 Å². The molecule has 3 N–H and O–H groups in total. The summed E-state index contributed by atoms with van der Waals surface area (Å²) in [5.74, 6) is 0.296. The van der Waals surface area contributed by atoms with E-state index in [-0.39, 0.29) is 18.1 Å². The van der Waals surface area contributed by atoms with Gasteiger partial charge < -0.3 is 16.0 Å². The van der Waals surface area contributed by atoms with Crippen LogP contribution in [0.15, 0.2) is 59.6 Å². The van der Waals surface area contributed by atoms with Crippen LogP contribution in [0.4, 0.5) is 4.39 Å². The Morgan fingerprint density at radius 1 is 1.09 bits per heavy atom. The molecule has 6 nitrogen and oxygen atoms in total. The number of hydrogen-bond donors (Lipinski definition) is 3. The van der Waals surface area contributed by atoms with Crippen LogP contribution in [0.25, 0.3) is 0 Å². The first-order chi connectivity index (χ1) is 15.5. The third-order valence-corrected chi connectivity index (χ3v) is 5.80. The molecular weight excluding hydrogens is 405 g/mol. The van der Waals surface area contributed by atoms with Crippen molar-refractivity contribution in [1.29, 1.82) is 0 Å². The minimum Gasteiger partial charge on any atom is -0.355 e. The van der Waals surface area contributed by atoms with Crippen LogP contribution in [0.2, 0.25) is 0 Å². The largest absolute Gasteiger partial charge is 0.355 e. The fourth-order valence-electron chi connectivity index (χ4n) is 4.07. The highest BCUT2D eigenvalue weighted by Crippen LogP contribution is 2.19. The van der Waals surface area contributed by atoms with Crippen molar-refractivity contribution in [3.8, 4) is 0 Å². The van der Waals surface area contributed by atoms with Crippen molar-refractivity contribution in [1.82, 2.24) is 20.9 Å². The Kier molecular flexibility index (Phi) is 9.04. The zero-order valence-corrected chi connectivity index (χ0v) is 19.0. The van der Waals surface area contributed by atoms with E-state index < -0.39 is 0 Å². The van der Waals surface area contributed by atoms with Gasteiger partial charge in [0.1, 0.15) is 5.82 Å². The molecule has 3 rings (SSSR count). The third-order valence-electron chi connectivity index (χ3n) is 5.80. The van der Waals surface area contributed by atoms with E-state index in [1.165, 1.54) is 17.7 Å². The van der Waals surface area contributed by atoms with Gasteiger partial charge in [-0.3, -0.25) is 14.7 Å². The van der Waals surface area contributed by atoms with Gasteiger partial charge in [-0.05, 0) is 43.0 Å². The number of aliphatic imine (C=N–C) groups is 1. The summed E-state index contributed by atoms with van der Waals surface area (Å²) in [4.78, 5) is 18.9. The van der Waals surface area contributed by atoms with Gasteiger partial charge in [-0.2, -0.15) is 0 Å². The summed E-state index contributed by atoms with van der Waals surface area (Å²) < 4.78 is 13.2. The van der Waals surface area contributed by atoms with Crippen LogP contribution in [0, 0.1) is 5.82 Å². The van der Waals surface area contributed by atoms with Crippen molar-refractivity contribution < 1.29 is 9.18 Å². The van der Waals surface area contributed by atoms with Crippen molar-refractivity contribution >= 4 is 11.9 Å². The van der Waals surface area contributed by atoms with Gasteiger partial charge in [0.25, 0.3) is 0 Å². The molecule has 0 bridgehead atoms. The highest BCUT2D eigenvalue weighted by molar-refractivity contribution is 5.80. The molecule has 1 amide bonds. The zero-order chi connectivity index (χ0) is 22.8. The number of guanidine groups is 1. The molecule has 0 aromatic heterocycles. The summed E-state index contributed by atoms with van der Waals surface area (Å²) in [5.41, 5.74) is 2.02. The fourth-order valence-corrected chi connectivity index (χ4v) is 4.07. The average Bonchev–Trinajstić information content (AvgIpc) is 2.78. The van der Waals surface area contributed by atoms with Crippen molar-refractivity contribution in [2.24, 2.45) is 4.99 Å². The van der Waals surface area contributed by atoms with E-state index in [9.17, 15) is 9.18 Å². The van der Waals surface area contributed by atoms with Crippen LogP contribution in [0.5, 0.6) is 0 Å². The minimum atomic E-state index is -0.327. The maximum absolute atomic E-state index is 13.2. The Hall–Kier alpha value is -2.93. The van der Waals surface area contributed by atoms with Crippen LogP contribution < -0.4 is 16.0 Å². The van der Waals surface area contributed by atoms with Gasteiger partial charge in [-0.25, -0.2) is 4.39 Å². The molecule has 0 aliphatic carbocycles. The lowest BCUT2D eigenvalue weighted by Gasteiger charge is -2.38. The standard InChI is InChI=1S/C25H34FN5O/c1-19-15-23(11-14-31(19)18-20-7-4-3-5-8-20)30-25(27-2)29-13-12-28-24(32)17-21-9-6-10-22(26)16-21/h3-10,16,19,23H,11-15,17-18H2,1-2H3,(H,28,32)(H2,27,29,30). The number of nitrogens with one attached hydrogen (secondary N) is 3. The average molecular weight is 440 g/mol. The first-order valence-corrected chi connectivity index (χ1v) is 11.3. The maximum Gasteiger partial charge on any atom is 0.224 e. The monoisotopic (exact) mass is 439 g/mol. The van der Waals surface area contributed by atoms with Crippen LogP contribution in [0.3, 0.4) is 0 Å². The van der Waals surface area contributed by atoms with Crippen molar-refractivity contribution in [2.45, 2.75) is 44.8 Å². The Morgan fingerprint density at radius 3 is 2.56 bits per heavy atom. The Labute approximate surface area is 190 Å². The van der Waals surface area contributed by atoms with E-state index in [1.807, 2.05) is 0 Å². The smallest absolute Gasteiger partial charge is 0.224 e. The topological polar surface area (TPSA) is 68.8 Å². The predicted octanol–water partition coefficient (Wildman–Crippen LogP) is 2.70. The van der Waals surface area contributed by atoms with Gasteiger partial charge >= 0.3 is 0 Å². The summed E-state index contributed by atoms with van der Waals surface area (Å²) in [6.45, 7) is 5.34. The van der Waals surface area contributed by atoms with Crippen LogP contribution >= 0.6 is 0 Å². The van der Waals surface area contributed by atoms with Gasteiger partial charge in [0, 0.05) is 45.3 Å². The second-order valence-electron chi connectivity index (χ2n) is 8.33. The van der Waals surface area contributed by atoms with Gasteiger partial charge in [0.2, 0.25) is 5.91 Å². The van der Waals surface area contributed by atoms with Crippen molar-refractivity contribution in [3.63, 3.8) is 0 Å². The Morgan fingerprint density at radius 2 is 1.84 bits per heavy atom. The summed E-state index contributed by atoms with van der Waals surface area (Å²) in [6, 6.07) is 17.6. The van der Waals surface area contributed by atoms with E-state index in [4.69, 9.17) is 0 Å². The number of piperidine rings is 1. The zero-order valence-electron chi connectivity index (χ0n) is 19.0. The minimum absolute atomic E-state index is 0.125. The molecule has 2 aromatic carbocycles. The molecule has 7 heteroatoms. The molecule has 0 spiro atoms. The fraction of sp³-hybridized carbons (Fsp3) is 0.440. The molecule has 2 atom stereocenters. The summed E-state index contributed by atoms with van der Waals surface area (Å²) in [5, 5.41) is 9.63. The van der Waals surface area contributed by atoms with Gasteiger partial charge in [0.05, 0.1) is 6.42 Å². The molecule has 1 saturated heterocycles. The first-order valence-electron chi connectivity index (χ1n) is 11.3. The number of halogens is 1. The summed E-state index contributed by atoms with van der Waals surface area (Å²) in [7, 11) is 1.76. The summed E-state index contributed by atoms with van der Waals surface area (Å²) in [6.07, 6.45) is 2.28. The highest BCUT2D eigenvalue weighted by atomic mass is 19.1. The molecule has 1 heterocycles. The molecule has 172 valence electrons. The number of amides is 1. The number of carbonyl (C=O) groups excluding carboxylic acids is 1. The quantitative estimate of drug-likeness (QED) is 0.336. The van der Waals surface area contributed by atoms with E-state index in [0.29, 0.717) is 30.7 Å². The molecule has 1 fully saturated rings. The number of likely N-dealkylation sites (tertiary alicyclic amines) is 1. The molecule has 1 aliphatic rings. The molecule has 0 saturated carbocycles. The normalized spacial score (nSPS) is 19.4. The molecular formula is C25H34FN5O.